The molecular weight excluding hydrogens is 823 g/mol. The number of unbranched alkanes of at least 4 members (excludes halogenated alkanes) is 21. The predicted octanol–water partition coefficient (Wildman–Crippen LogP) is 10.7. The summed E-state index contributed by atoms with van der Waals surface area (Å²) in [5, 5.41) is 54.0. The predicted molar refractivity (Wildman–Crippen MR) is 264 cm³/mol. The molecule has 0 spiro atoms. The van der Waals surface area contributed by atoms with Crippen LogP contribution in [0.5, 0.6) is 0 Å². The molecule has 0 aromatic rings. The smallest absolute Gasteiger partial charge is 0.305 e. The molecule has 0 radical (unpaired) electrons. The van der Waals surface area contributed by atoms with Crippen LogP contribution < -0.4 is 5.32 Å². The number of allylic oxidation sites excluding steroid dienone is 9. The molecule has 376 valence electrons. The normalized spacial score (nSPS) is 20.3. The maximum absolute atomic E-state index is 12.9. The van der Waals surface area contributed by atoms with E-state index in [4.69, 9.17) is 14.2 Å². The number of rotatable bonds is 43. The number of nitrogens with one attached hydrogen (secondary N) is 1. The molecule has 0 aliphatic carbocycles. The lowest BCUT2D eigenvalue weighted by atomic mass is 9.99. The molecule has 1 aliphatic rings. The summed E-state index contributed by atoms with van der Waals surface area (Å²) in [5.74, 6) is -0.259. The van der Waals surface area contributed by atoms with Crippen LogP contribution in [-0.2, 0) is 23.8 Å². The number of carbonyl (C=O) groups excluding carboxylic acids is 2. The van der Waals surface area contributed by atoms with Crippen LogP contribution in [0.4, 0.5) is 0 Å². The van der Waals surface area contributed by atoms with Gasteiger partial charge in [0.1, 0.15) is 24.4 Å². The molecule has 0 aromatic heterocycles. The minimum Gasteiger partial charge on any atom is -0.466 e. The number of ether oxygens (including phenoxy) is 3. The first-order valence-electron chi connectivity index (χ1n) is 26.1. The molecule has 11 nitrogen and oxygen atoms in total. The van der Waals surface area contributed by atoms with E-state index in [-0.39, 0.29) is 18.5 Å². The summed E-state index contributed by atoms with van der Waals surface area (Å²) in [4.78, 5) is 24.9. The summed E-state index contributed by atoms with van der Waals surface area (Å²) in [6.45, 7) is 4.15. The minimum atomic E-state index is -1.58. The van der Waals surface area contributed by atoms with Crippen LogP contribution in [-0.4, -0.2) is 100 Å². The molecule has 7 atom stereocenters. The first-order chi connectivity index (χ1) is 31.7. The van der Waals surface area contributed by atoms with Gasteiger partial charge in [0.25, 0.3) is 0 Å². The Bertz CT molecular complexity index is 1270. The van der Waals surface area contributed by atoms with Crippen molar-refractivity contribution in [2.24, 2.45) is 0 Å². The summed E-state index contributed by atoms with van der Waals surface area (Å²) < 4.78 is 16.6. The average molecular weight is 918 g/mol. The van der Waals surface area contributed by atoms with Crippen molar-refractivity contribution >= 4 is 11.9 Å². The van der Waals surface area contributed by atoms with Gasteiger partial charge in [-0.25, -0.2) is 0 Å². The Kier molecular flexibility index (Phi) is 40.8. The van der Waals surface area contributed by atoms with Crippen LogP contribution in [0.1, 0.15) is 206 Å². The zero-order valence-electron chi connectivity index (χ0n) is 40.9. The van der Waals surface area contributed by atoms with E-state index in [1.165, 1.54) is 83.5 Å². The monoisotopic (exact) mass is 918 g/mol. The molecule has 1 saturated heterocycles. The Labute approximate surface area is 395 Å². The number of hydrogen-bond donors (Lipinski definition) is 6. The maximum Gasteiger partial charge on any atom is 0.305 e. The summed E-state index contributed by atoms with van der Waals surface area (Å²) in [7, 11) is 0. The molecule has 65 heavy (non-hydrogen) atoms. The molecule has 0 saturated carbocycles. The van der Waals surface area contributed by atoms with Crippen LogP contribution in [0.25, 0.3) is 0 Å². The Hall–Kier alpha value is -2.64. The number of amides is 1. The highest BCUT2D eigenvalue weighted by Crippen LogP contribution is 2.22. The number of aliphatic hydroxyl groups is 5. The highest BCUT2D eigenvalue weighted by Gasteiger charge is 2.44. The van der Waals surface area contributed by atoms with Crippen LogP contribution >= 0.6 is 0 Å². The molecule has 0 bridgehead atoms. The van der Waals surface area contributed by atoms with Crippen molar-refractivity contribution in [3.63, 3.8) is 0 Å². The molecular formula is C54H95NO10. The standard InChI is InChI=1S/C54H95NO10/c1-3-5-7-9-11-13-21-26-30-34-38-42-50(59)63-43-39-35-31-27-23-20-18-16-14-15-17-19-22-25-29-33-37-41-49(58)55-46(47(57)40-36-32-28-24-12-10-8-6-4-2)45-64-54-53(62)52(61)51(60)48(44-56)65-54/h9,11-12,14,16,20,23-24,36,40,46-48,51-54,56-57,60-62H,3-8,10,13,15,17-19,21-22,25-35,37-39,41-45H2,1-2H3,(H,55,58)/b11-9-,16-14-,23-20-,24-12+,40-36+. The highest BCUT2D eigenvalue weighted by atomic mass is 16.7. The fraction of sp³-hybridized carbons (Fsp3) is 0.778. The zero-order valence-corrected chi connectivity index (χ0v) is 40.9. The number of hydrogen-bond acceptors (Lipinski definition) is 10. The summed E-state index contributed by atoms with van der Waals surface area (Å²) in [6.07, 6.45) is 44.6. The Balaban J connectivity index is 2.15. The third-order valence-corrected chi connectivity index (χ3v) is 11.8. The quantitative estimate of drug-likeness (QED) is 0.0196. The Morgan fingerprint density at radius 1 is 0.569 bits per heavy atom. The van der Waals surface area contributed by atoms with Gasteiger partial charge in [-0.15, -0.1) is 0 Å². The van der Waals surface area contributed by atoms with Crippen molar-refractivity contribution in [1.82, 2.24) is 5.32 Å². The van der Waals surface area contributed by atoms with Crippen molar-refractivity contribution < 1.29 is 49.3 Å². The van der Waals surface area contributed by atoms with Gasteiger partial charge < -0.3 is 45.1 Å². The Morgan fingerprint density at radius 3 is 1.66 bits per heavy atom. The lowest BCUT2D eigenvalue weighted by molar-refractivity contribution is -0.302. The second-order valence-electron chi connectivity index (χ2n) is 17.8. The summed E-state index contributed by atoms with van der Waals surface area (Å²) in [6, 6.07) is -0.839. The molecule has 7 unspecified atom stereocenters. The van der Waals surface area contributed by atoms with Crippen LogP contribution in [0.2, 0.25) is 0 Å². The number of esters is 1. The van der Waals surface area contributed by atoms with Crippen LogP contribution in [0.15, 0.2) is 60.8 Å². The maximum atomic E-state index is 12.9. The third-order valence-electron chi connectivity index (χ3n) is 11.8. The van der Waals surface area contributed by atoms with Gasteiger partial charge in [0, 0.05) is 12.8 Å². The molecule has 1 fully saturated rings. The molecule has 1 rings (SSSR count). The van der Waals surface area contributed by atoms with Crippen molar-refractivity contribution in [2.45, 2.75) is 249 Å². The number of aliphatic hydroxyl groups excluding tert-OH is 5. The SMILES string of the molecule is CCCC/C=C\CCCCCCCC(=O)OCCCCC/C=C\C/C=C\CCCCCCCCCC(=O)NC(COC1OC(CO)C(O)C(O)C1O)C(O)/C=C/CC/C=C/CCCCC. The van der Waals surface area contributed by atoms with Crippen molar-refractivity contribution in [1.29, 1.82) is 0 Å². The molecule has 11 heteroatoms. The largest absolute Gasteiger partial charge is 0.466 e. The van der Waals surface area contributed by atoms with E-state index < -0.39 is 49.5 Å². The fourth-order valence-electron chi connectivity index (χ4n) is 7.58. The molecule has 1 amide bonds. The second kappa shape index (κ2) is 43.9. The van der Waals surface area contributed by atoms with E-state index in [0.717, 1.165) is 96.3 Å². The van der Waals surface area contributed by atoms with E-state index in [1.54, 1.807) is 6.08 Å². The summed E-state index contributed by atoms with van der Waals surface area (Å²) >= 11 is 0. The first-order valence-corrected chi connectivity index (χ1v) is 26.1. The van der Waals surface area contributed by atoms with Crippen LogP contribution in [0, 0.1) is 0 Å². The van der Waals surface area contributed by atoms with E-state index in [2.05, 4.69) is 67.8 Å². The average Bonchev–Trinajstić information content (AvgIpc) is 3.30. The van der Waals surface area contributed by atoms with Gasteiger partial charge in [-0.2, -0.15) is 0 Å². The van der Waals surface area contributed by atoms with Gasteiger partial charge in [0.2, 0.25) is 5.91 Å². The van der Waals surface area contributed by atoms with Gasteiger partial charge in [-0.3, -0.25) is 9.59 Å². The number of carbonyl (C=O) groups is 2. The van der Waals surface area contributed by atoms with E-state index >= 15 is 0 Å². The molecule has 1 aliphatic heterocycles. The zero-order chi connectivity index (χ0) is 47.4. The minimum absolute atomic E-state index is 0.0457. The van der Waals surface area contributed by atoms with Gasteiger partial charge in [-0.1, -0.05) is 152 Å². The Morgan fingerprint density at radius 2 is 1.06 bits per heavy atom. The molecule has 1 heterocycles. The lowest BCUT2D eigenvalue weighted by Crippen LogP contribution is -2.60. The molecule has 0 aromatic carbocycles. The van der Waals surface area contributed by atoms with Crippen molar-refractivity contribution in [3.8, 4) is 0 Å². The first kappa shape index (κ1) is 60.4. The van der Waals surface area contributed by atoms with Crippen molar-refractivity contribution in [3.05, 3.63) is 60.8 Å². The molecule has 6 N–H and O–H groups in total. The third kappa shape index (κ3) is 34.3. The second-order valence-corrected chi connectivity index (χ2v) is 17.8. The van der Waals surface area contributed by atoms with E-state index in [1.807, 2.05) is 6.08 Å². The fourth-order valence-corrected chi connectivity index (χ4v) is 7.58. The van der Waals surface area contributed by atoms with E-state index in [9.17, 15) is 35.1 Å². The van der Waals surface area contributed by atoms with Gasteiger partial charge in [0.05, 0.1) is 32.0 Å². The van der Waals surface area contributed by atoms with Crippen LogP contribution in [0.3, 0.4) is 0 Å². The summed E-state index contributed by atoms with van der Waals surface area (Å²) in [5.41, 5.74) is 0. The highest BCUT2D eigenvalue weighted by molar-refractivity contribution is 5.76. The lowest BCUT2D eigenvalue weighted by Gasteiger charge is -2.40. The van der Waals surface area contributed by atoms with Crippen molar-refractivity contribution in [2.75, 3.05) is 19.8 Å². The van der Waals surface area contributed by atoms with Gasteiger partial charge >= 0.3 is 5.97 Å². The van der Waals surface area contributed by atoms with E-state index in [0.29, 0.717) is 19.4 Å². The topological polar surface area (TPSA) is 175 Å². The van der Waals surface area contributed by atoms with Gasteiger partial charge in [-0.05, 0) is 103 Å². The van der Waals surface area contributed by atoms with Gasteiger partial charge in [0.15, 0.2) is 6.29 Å².